The average molecular weight is 322 g/mol. The molecule has 130 valence electrons. The van der Waals surface area contributed by atoms with E-state index in [9.17, 15) is 9.59 Å². The lowest BCUT2D eigenvalue weighted by Gasteiger charge is -2.39. The van der Waals surface area contributed by atoms with Crippen molar-refractivity contribution in [3.8, 4) is 0 Å². The van der Waals surface area contributed by atoms with Gasteiger partial charge in [-0.05, 0) is 62.7 Å². The van der Waals surface area contributed by atoms with Crippen LogP contribution < -0.4 is 5.32 Å². The van der Waals surface area contributed by atoms with E-state index in [1.807, 2.05) is 13.8 Å². The molecule has 4 rings (SSSR count). The van der Waals surface area contributed by atoms with Gasteiger partial charge in [-0.2, -0.15) is 0 Å². The van der Waals surface area contributed by atoms with E-state index < -0.39 is 12.1 Å². The number of hydrogen-bond donors (Lipinski definition) is 1. The molecule has 0 radical (unpaired) electrons. The predicted molar refractivity (Wildman–Crippen MR) is 87.8 cm³/mol. The summed E-state index contributed by atoms with van der Waals surface area (Å²) in [5.41, 5.74) is 0. The molecule has 2 heterocycles. The summed E-state index contributed by atoms with van der Waals surface area (Å²) in [4.78, 5) is 27.0. The maximum absolute atomic E-state index is 13.2. The van der Waals surface area contributed by atoms with Gasteiger partial charge in [0.05, 0.1) is 6.61 Å². The lowest BCUT2D eigenvalue weighted by molar-refractivity contribution is -0.137. The Hall–Kier alpha value is -1.26. The number of carbonyl (C=O) groups excluding carboxylic acids is 2. The Kier molecular flexibility index (Phi) is 4.83. The highest BCUT2D eigenvalue weighted by atomic mass is 16.5. The molecule has 4 aliphatic rings. The zero-order valence-electron chi connectivity index (χ0n) is 14.6. The van der Waals surface area contributed by atoms with Crippen molar-refractivity contribution in [1.29, 1.82) is 0 Å². The van der Waals surface area contributed by atoms with Crippen LogP contribution in [0.5, 0.6) is 0 Å². The Morgan fingerprint density at radius 3 is 2.26 bits per heavy atom. The molecule has 4 bridgehead atoms. The molecule has 2 aliphatic heterocycles. The Bertz CT molecular complexity index is 451. The number of alkyl carbamates (subject to hydrolysis) is 1. The second-order valence-electron chi connectivity index (χ2n) is 8.01. The van der Waals surface area contributed by atoms with E-state index in [1.165, 1.54) is 19.3 Å². The van der Waals surface area contributed by atoms with E-state index in [-0.39, 0.29) is 11.8 Å². The molecule has 5 heteroatoms. The lowest BCUT2D eigenvalue weighted by atomic mass is 9.68. The molecule has 0 aromatic carbocycles. The second-order valence-corrected chi connectivity index (χ2v) is 8.01. The van der Waals surface area contributed by atoms with Crippen molar-refractivity contribution in [3.63, 3.8) is 0 Å². The van der Waals surface area contributed by atoms with Crippen LogP contribution in [0.2, 0.25) is 0 Å². The minimum Gasteiger partial charge on any atom is -0.450 e. The van der Waals surface area contributed by atoms with Crippen LogP contribution in [0, 0.1) is 23.7 Å². The van der Waals surface area contributed by atoms with Gasteiger partial charge in [-0.25, -0.2) is 4.79 Å². The highest BCUT2D eigenvalue weighted by molar-refractivity contribution is 5.86. The summed E-state index contributed by atoms with van der Waals surface area (Å²) in [6, 6.07) is -0.103. The third-order valence-corrected chi connectivity index (χ3v) is 5.87. The Morgan fingerprint density at radius 1 is 1.09 bits per heavy atom. The van der Waals surface area contributed by atoms with E-state index in [4.69, 9.17) is 4.74 Å². The van der Waals surface area contributed by atoms with Crippen molar-refractivity contribution >= 4 is 12.0 Å². The van der Waals surface area contributed by atoms with Gasteiger partial charge in [-0.3, -0.25) is 4.79 Å². The van der Waals surface area contributed by atoms with Crippen molar-refractivity contribution in [2.24, 2.45) is 23.7 Å². The number of hydrogen-bond acceptors (Lipinski definition) is 3. The topological polar surface area (TPSA) is 58.6 Å². The number of carbonyl (C=O) groups is 2. The maximum atomic E-state index is 13.2. The van der Waals surface area contributed by atoms with E-state index in [2.05, 4.69) is 10.2 Å². The molecule has 4 fully saturated rings. The molecule has 2 aliphatic carbocycles. The number of ether oxygens (including phenoxy) is 1. The zero-order chi connectivity index (χ0) is 16.6. The molecule has 2 amide bonds. The molecule has 0 aromatic heterocycles. The molecule has 1 N–H and O–H groups in total. The fourth-order valence-electron chi connectivity index (χ4n) is 5.05. The van der Waals surface area contributed by atoms with E-state index in [0.717, 1.165) is 31.2 Å². The highest BCUT2D eigenvalue weighted by Gasteiger charge is 2.45. The molecule has 2 saturated carbocycles. The molecule has 3 atom stereocenters. The van der Waals surface area contributed by atoms with E-state index in [1.54, 1.807) is 6.92 Å². The predicted octanol–water partition coefficient (Wildman–Crippen LogP) is 2.79. The van der Waals surface area contributed by atoms with Crippen molar-refractivity contribution < 1.29 is 14.3 Å². The van der Waals surface area contributed by atoms with Gasteiger partial charge in [-0.15, -0.1) is 0 Å². The minimum absolute atomic E-state index is 0.0598. The Morgan fingerprint density at radius 2 is 1.70 bits per heavy atom. The molecule has 5 nitrogen and oxygen atoms in total. The van der Waals surface area contributed by atoms with Crippen LogP contribution in [-0.2, 0) is 9.53 Å². The van der Waals surface area contributed by atoms with Gasteiger partial charge < -0.3 is 15.0 Å². The van der Waals surface area contributed by atoms with Crippen LogP contribution in [-0.4, -0.2) is 42.1 Å². The van der Waals surface area contributed by atoms with Crippen LogP contribution in [0.4, 0.5) is 4.79 Å². The van der Waals surface area contributed by atoms with Crippen LogP contribution in [0.15, 0.2) is 0 Å². The average Bonchev–Trinajstić information content (AvgIpc) is 2.68. The summed E-state index contributed by atoms with van der Waals surface area (Å²) in [5.74, 6) is 2.43. The minimum atomic E-state index is -0.486. The molecule has 0 spiro atoms. The third kappa shape index (κ3) is 3.48. The van der Waals surface area contributed by atoms with Crippen LogP contribution in [0.25, 0.3) is 0 Å². The maximum Gasteiger partial charge on any atom is 0.407 e. The second kappa shape index (κ2) is 6.70. The first-order chi connectivity index (χ1) is 11.0. The number of fused-ring (bicyclic) bond motifs is 1. The van der Waals surface area contributed by atoms with Crippen molar-refractivity contribution in [3.05, 3.63) is 0 Å². The van der Waals surface area contributed by atoms with Gasteiger partial charge in [-0.1, -0.05) is 13.8 Å². The molecular weight excluding hydrogens is 292 g/mol. The highest BCUT2D eigenvalue weighted by Crippen LogP contribution is 2.47. The van der Waals surface area contributed by atoms with Gasteiger partial charge in [0.15, 0.2) is 0 Å². The monoisotopic (exact) mass is 322 g/mol. The van der Waals surface area contributed by atoms with Crippen LogP contribution in [0.1, 0.15) is 52.9 Å². The summed E-state index contributed by atoms with van der Waals surface area (Å²) in [6.45, 7) is 6.94. The van der Waals surface area contributed by atoms with Gasteiger partial charge in [0.2, 0.25) is 5.91 Å². The number of nitrogens with zero attached hydrogens (tertiary/aromatic N) is 1. The third-order valence-electron chi connectivity index (χ3n) is 5.87. The fourth-order valence-corrected chi connectivity index (χ4v) is 5.05. The fraction of sp³-hybridized carbons (Fsp3) is 0.889. The molecule has 2 saturated heterocycles. The Balaban J connectivity index is 1.73. The summed E-state index contributed by atoms with van der Waals surface area (Å²) in [6.07, 6.45) is 5.76. The summed E-state index contributed by atoms with van der Waals surface area (Å²) >= 11 is 0. The van der Waals surface area contributed by atoms with Crippen LogP contribution >= 0.6 is 0 Å². The van der Waals surface area contributed by atoms with Crippen molar-refractivity contribution in [2.75, 3.05) is 13.2 Å². The van der Waals surface area contributed by atoms with Gasteiger partial charge in [0, 0.05) is 12.6 Å². The van der Waals surface area contributed by atoms with Crippen molar-refractivity contribution in [1.82, 2.24) is 10.2 Å². The standard InChI is InChI=1S/C18H30N2O3/c1-4-23-18(22)19-16(11(2)3)17(21)20-10-14-6-12-5-13(7-14)9-15(20)8-12/h11-16H,4-10H2,1-3H3,(H,19,22). The van der Waals surface area contributed by atoms with Gasteiger partial charge in [0.1, 0.15) is 6.04 Å². The molecular formula is C18H30N2O3. The zero-order valence-corrected chi connectivity index (χ0v) is 14.6. The summed E-state index contributed by atoms with van der Waals surface area (Å²) in [7, 11) is 0. The number of rotatable bonds is 4. The quantitative estimate of drug-likeness (QED) is 0.866. The first-order valence-electron chi connectivity index (χ1n) is 9.21. The SMILES string of the molecule is CCOC(=O)NC(C(=O)N1CC2CC3CC(C2)CC1C3)C(C)C. The normalized spacial score (nSPS) is 33.5. The Labute approximate surface area is 139 Å². The van der Waals surface area contributed by atoms with E-state index in [0.29, 0.717) is 18.6 Å². The summed E-state index contributed by atoms with van der Waals surface area (Å²) in [5, 5.41) is 2.78. The first-order valence-corrected chi connectivity index (χ1v) is 9.21. The summed E-state index contributed by atoms with van der Waals surface area (Å²) < 4.78 is 4.97. The lowest BCUT2D eigenvalue weighted by Crippen LogP contribution is -2.54. The molecule has 0 aromatic rings. The largest absolute Gasteiger partial charge is 0.450 e. The first kappa shape index (κ1) is 16.6. The molecule has 23 heavy (non-hydrogen) atoms. The van der Waals surface area contributed by atoms with E-state index >= 15 is 0 Å². The van der Waals surface area contributed by atoms with Crippen molar-refractivity contribution in [2.45, 2.75) is 65.0 Å². The van der Waals surface area contributed by atoms with Gasteiger partial charge >= 0.3 is 6.09 Å². The number of nitrogens with one attached hydrogen (secondary N) is 1. The molecule has 3 unspecified atom stereocenters. The van der Waals surface area contributed by atoms with Gasteiger partial charge in [0.25, 0.3) is 0 Å². The number of amides is 2. The van der Waals surface area contributed by atoms with Crippen LogP contribution in [0.3, 0.4) is 0 Å². The smallest absolute Gasteiger partial charge is 0.407 e.